The number of pyridine rings is 1. The molecule has 286 valence electrons. The Labute approximate surface area is 310 Å². The summed E-state index contributed by atoms with van der Waals surface area (Å²) in [7, 11) is 0. The van der Waals surface area contributed by atoms with Gasteiger partial charge in [0, 0.05) is 28.6 Å². The van der Waals surface area contributed by atoms with Crippen LogP contribution >= 0.6 is 11.3 Å². The molecule has 7 rings (SSSR count). The number of ether oxygens (including phenoxy) is 1. The highest BCUT2D eigenvalue weighted by Crippen LogP contribution is 2.52. The number of nitriles is 1. The Hall–Kier alpha value is -5.74. The molecular formula is C36H28F8N8O2S. The molecule has 5 heterocycles. The largest absolute Gasteiger partial charge is 0.506 e. The van der Waals surface area contributed by atoms with Crippen molar-refractivity contribution in [2.45, 2.75) is 43.4 Å². The van der Waals surface area contributed by atoms with Crippen molar-refractivity contribution < 1.29 is 45.0 Å². The smallest absolute Gasteiger partial charge is 0.420 e. The fourth-order valence-electron chi connectivity index (χ4n) is 7.51. The normalized spacial score (nSPS) is 17.8. The molecule has 3 aromatic heterocycles. The summed E-state index contributed by atoms with van der Waals surface area (Å²) in [5.41, 5.74) is 5.81. The Balaban J connectivity index is 1.49. The van der Waals surface area contributed by atoms with Gasteiger partial charge in [-0.3, -0.25) is 4.90 Å². The van der Waals surface area contributed by atoms with Gasteiger partial charge in [-0.05, 0) is 49.9 Å². The van der Waals surface area contributed by atoms with Crippen molar-refractivity contribution in [1.29, 1.82) is 5.26 Å². The van der Waals surface area contributed by atoms with E-state index in [0.717, 1.165) is 24.4 Å². The number of hydrogen-bond donors (Lipinski definition) is 4. The van der Waals surface area contributed by atoms with E-state index in [9.17, 15) is 27.9 Å². The molecule has 0 aliphatic carbocycles. The third-order valence-electron chi connectivity index (χ3n) is 9.93. The van der Waals surface area contributed by atoms with E-state index >= 15 is 17.6 Å². The number of nitrogens with zero attached hydrogens (tertiary/aromatic N) is 5. The molecule has 0 saturated carbocycles. The highest BCUT2D eigenvalue weighted by molar-refractivity contribution is 7.23. The summed E-state index contributed by atoms with van der Waals surface area (Å²) >= 11 is 0.564. The fourth-order valence-corrected chi connectivity index (χ4v) is 8.46. The minimum absolute atomic E-state index is 0.00792. The average molecular weight is 789 g/mol. The Morgan fingerprint density at radius 2 is 1.96 bits per heavy atom. The molecule has 0 spiro atoms. The number of aromatic hydroxyl groups is 1. The first-order valence-electron chi connectivity index (χ1n) is 16.5. The molecule has 0 unspecified atom stereocenters. The van der Waals surface area contributed by atoms with Crippen LogP contribution in [-0.2, 0) is 6.18 Å². The molecule has 6 N–H and O–H groups in total. The van der Waals surface area contributed by atoms with E-state index < -0.39 is 97.4 Å². The van der Waals surface area contributed by atoms with Crippen LogP contribution in [0, 0.1) is 28.8 Å². The van der Waals surface area contributed by atoms with E-state index in [2.05, 4.69) is 26.8 Å². The summed E-state index contributed by atoms with van der Waals surface area (Å²) in [6.07, 6.45) is -4.15. The predicted octanol–water partition coefficient (Wildman–Crippen LogP) is 8.58. The molecule has 2 aliphatic rings. The molecule has 2 aromatic carbocycles. The Kier molecular flexibility index (Phi) is 9.45. The summed E-state index contributed by atoms with van der Waals surface area (Å²) in [4.78, 5) is 13.9. The number of fused-ring (bicyclic) bond motifs is 3. The first-order chi connectivity index (χ1) is 26.1. The number of rotatable bonds is 9. The van der Waals surface area contributed by atoms with Gasteiger partial charge in [0.15, 0.2) is 5.82 Å². The average Bonchev–Trinajstić information content (AvgIpc) is 3.80. The number of anilines is 3. The Morgan fingerprint density at radius 1 is 1.20 bits per heavy atom. The number of phenolic OH excluding ortho intramolecular Hbond substituents is 1. The fraction of sp³-hybridized carbons (Fsp3) is 0.278. The summed E-state index contributed by atoms with van der Waals surface area (Å²) in [5, 5.41) is 22.7. The van der Waals surface area contributed by atoms with Crippen molar-refractivity contribution in [3.05, 3.63) is 82.8 Å². The monoisotopic (exact) mass is 788 g/mol. The number of hydrogen-bond acceptors (Lipinski definition) is 11. The number of aromatic nitrogens is 3. The third kappa shape index (κ3) is 6.38. The summed E-state index contributed by atoms with van der Waals surface area (Å²) in [6, 6.07) is 2.57. The molecule has 0 bridgehead atoms. The summed E-state index contributed by atoms with van der Waals surface area (Å²) < 4.78 is 125. The maximum Gasteiger partial charge on any atom is 0.420 e. The molecule has 2 saturated heterocycles. The number of halogens is 8. The van der Waals surface area contributed by atoms with Crippen molar-refractivity contribution >= 4 is 49.0 Å². The lowest BCUT2D eigenvalue weighted by Crippen LogP contribution is -2.43. The van der Waals surface area contributed by atoms with Crippen LogP contribution < -0.4 is 21.5 Å². The van der Waals surface area contributed by atoms with Crippen LogP contribution in [0.4, 0.5) is 51.8 Å². The first-order valence-corrected chi connectivity index (χ1v) is 17.3. The number of nitrogens with two attached hydrogens (primary N) is 2. The van der Waals surface area contributed by atoms with Gasteiger partial charge < -0.3 is 26.6 Å². The molecule has 0 amide bonds. The molecule has 2 atom stereocenters. The van der Waals surface area contributed by atoms with E-state index in [1.165, 1.54) is 6.08 Å². The van der Waals surface area contributed by atoms with E-state index in [1.54, 1.807) is 11.0 Å². The van der Waals surface area contributed by atoms with Crippen LogP contribution in [0.5, 0.6) is 11.8 Å². The van der Waals surface area contributed by atoms with Gasteiger partial charge in [0.2, 0.25) is 0 Å². The van der Waals surface area contributed by atoms with Gasteiger partial charge in [0.05, 0.1) is 33.4 Å². The zero-order valence-electron chi connectivity index (χ0n) is 28.3. The van der Waals surface area contributed by atoms with Crippen LogP contribution in [-0.4, -0.2) is 50.2 Å². The Bertz CT molecular complexity index is 2480. The second-order valence-corrected chi connectivity index (χ2v) is 14.2. The van der Waals surface area contributed by atoms with Gasteiger partial charge in [-0.25, -0.2) is 18.2 Å². The molecular weight excluding hydrogens is 761 g/mol. The SMILES string of the molecule is C=CC[C@@H](Nc1nc(OC[C@@]23CCCN2CC(=C(F)F)C3)nc2c(F)c(-c3ccc(F)c4sc(N)c(C#N)c34)c(C(F)(F)F)c(O)c12)c1cc(F)cnc1N. The van der Waals surface area contributed by atoms with Crippen molar-refractivity contribution in [2.24, 2.45) is 0 Å². The van der Waals surface area contributed by atoms with Gasteiger partial charge in [-0.2, -0.15) is 37.2 Å². The number of phenols is 1. The standard InChI is InChI=1S/C36H28F8N8O2S/c1-2-4-21(18-9-16(37)12-48-31(18)46)49-33-24-27(50-34(51-33)54-14-35-7-3-8-52(35)13-15(10-35)30(40)41)26(39)23(25(28(24)53)36(42,43)44)17-5-6-20(38)29-22(17)19(11-45)32(47)55-29/h2,5-6,9,12,21,53H,1,3-4,7-8,10,13-14,47H2,(H2,46,48)(H,49,50,51)/t21-,35+/m1/s1. The molecule has 55 heavy (non-hydrogen) atoms. The van der Waals surface area contributed by atoms with Gasteiger partial charge in [-0.15, -0.1) is 17.9 Å². The van der Waals surface area contributed by atoms with Gasteiger partial charge in [0.25, 0.3) is 6.08 Å². The molecule has 2 aliphatic heterocycles. The van der Waals surface area contributed by atoms with Crippen molar-refractivity contribution in [1.82, 2.24) is 19.9 Å². The van der Waals surface area contributed by atoms with Crippen LogP contribution in [0.2, 0.25) is 0 Å². The number of nitrogens with one attached hydrogen (secondary N) is 1. The van der Waals surface area contributed by atoms with E-state index in [-0.39, 0.29) is 52.6 Å². The maximum absolute atomic E-state index is 17.2. The predicted molar refractivity (Wildman–Crippen MR) is 189 cm³/mol. The van der Waals surface area contributed by atoms with Crippen LogP contribution in [0.15, 0.2) is 48.7 Å². The topological polar surface area (TPSA) is 159 Å². The van der Waals surface area contributed by atoms with Gasteiger partial charge in [0.1, 0.15) is 57.8 Å². The van der Waals surface area contributed by atoms with Crippen LogP contribution in [0.1, 0.15) is 48.4 Å². The zero-order chi connectivity index (χ0) is 39.6. The Morgan fingerprint density at radius 3 is 2.65 bits per heavy atom. The lowest BCUT2D eigenvalue weighted by atomic mass is 9.91. The highest BCUT2D eigenvalue weighted by atomic mass is 32.1. The minimum Gasteiger partial charge on any atom is -0.506 e. The lowest BCUT2D eigenvalue weighted by molar-refractivity contribution is -0.138. The van der Waals surface area contributed by atoms with Crippen molar-refractivity contribution in [3.8, 4) is 29.0 Å². The second kappa shape index (κ2) is 13.8. The highest BCUT2D eigenvalue weighted by Gasteiger charge is 2.49. The second-order valence-electron chi connectivity index (χ2n) is 13.2. The number of nitrogen functional groups attached to an aromatic ring is 2. The molecule has 5 aromatic rings. The zero-order valence-corrected chi connectivity index (χ0v) is 29.1. The van der Waals surface area contributed by atoms with E-state index in [0.29, 0.717) is 30.7 Å². The molecule has 19 heteroatoms. The quantitative estimate of drug-likeness (QED) is 0.0842. The maximum atomic E-state index is 17.2. The first kappa shape index (κ1) is 37.6. The summed E-state index contributed by atoms with van der Waals surface area (Å²) in [6.45, 7) is 3.84. The lowest BCUT2D eigenvalue weighted by Gasteiger charge is -2.31. The summed E-state index contributed by atoms with van der Waals surface area (Å²) in [5.74, 6) is -5.79. The van der Waals surface area contributed by atoms with Gasteiger partial charge >= 0.3 is 12.2 Å². The van der Waals surface area contributed by atoms with Gasteiger partial charge in [-0.1, -0.05) is 12.1 Å². The van der Waals surface area contributed by atoms with Crippen molar-refractivity contribution in [2.75, 3.05) is 36.5 Å². The van der Waals surface area contributed by atoms with Crippen molar-refractivity contribution in [3.63, 3.8) is 0 Å². The third-order valence-corrected chi connectivity index (χ3v) is 11.0. The molecule has 10 nitrogen and oxygen atoms in total. The minimum atomic E-state index is -5.49. The van der Waals surface area contributed by atoms with E-state index in [1.807, 2.05) is 0 Å². The molecule has 0 radical (unpaired) electrons. The number of alkyl halides is 3. The van der Waals surface area contributed by atoms with E-state index in [4.69, 9.17) is 16.2 Å². The van der Waals surface area contributed by atoms with Crippen LogP contribution in [0.25, 0.3) is 32.1 Å². The number of benzene rings is 2. The van der Waals surface area contributed by atoms with Crippen LogP contribution in [0.3, 0.4) is 0 Å². The molecule has 2 fully saturated rings. The number of thiophene rings is 1.